The van der Waals surface area contributed by atoms with Gasteiger partial charge >= 0.3 is 0 Å². The lowest BCUT2D eigenvalue weighted by Crippen LogP contribution is -2.49. The molecule has 146 valence electrons. The maximum Gasteiger partial charge on any atom is 0.237 e. The molecule has 1 atom stereocenters. The summed E-state index contributed by atoms with van der Waals surface area (Å²) in [6, 6.07) is 5.78. The van der Waals surface area contributed by atoms with Gasteiger partial charge in [-0.05, 0) is 31.5 Å². The molecule has 2 amide bonds. The smallest absolute Gasteiger partial charge is 0.237 e. The van der Waals surface area contributed by atoms with E-state index in [1.807, 2.05) is 23.1 Å². The topological polar surface area (TPSA) is 77.6 Å². The maximum atomic E-state index is 12.3. The highest BCUT2D eigenvalue weighted by Crippen LogP contribution is 2.13. The van der Waals surface area contributed by atoms with Gasteiger partial charge in [-0.3, -0.25) is 9.59 Å². The summed E-state index contributed by atoms with van der Waals surface area (Å²) < 4.78 is 0. The first-order valence-electron chi connectivity index (χ1n) is 8.69. The molecule has 0 saturated carbocycles. The average Bonchev–Trinajstić information content (AvgIpc) is 3.17. The number of anilines is 1. The maximum absolute atomic E-state index is 12.3. The number of nitrogens with one attached hydrogen (secondary N) is 2. The molecule has 2 aliphatic rings. The molecule has 2 N–H and O–H groups in total. The quantitative estimate of drug-likeness (QED) is 0.761. The molecule has 1 aromatic rings. The zero-order chi connectivity index (χ0) is 16.8. The summed E-state index contributed by atoms with van der Waals surface area (Å²) in [5.74, 6) is 1.08. The van der Waals surface area contributed by atoms with Crippen LogP contribution in [0.2, 0.25) is 0 Å². The van der Waals surface area contributed by atoms with E-state index in [-0.39, 0.29) is 42.7 Å². The third kappa shape index (κ3) is 6.00. The van der Waals surface area contributed by atoms with Crippen LogP contribution >= 0.6 is 24.8 Å². The summed E-state index contributed by atoms with van der Waals surface area (Å²) in [7, 11) is 0. The summed E-state index contributed by atoms with van der Waals surface area (Å²) in [6.07, 6.45) is 4.07. The van der Waals surface area contributed by atoms with Gasteiger partial charge in [-0.1, -0.05) is 6.07 Å². The molecule has 2 saturated heterocycles. The van der Waals surface area contributed by atoms with Crippen molar-refractivity contribution in [2.45, 2.75) is 25.3 Å². The SMILES string of the molecule is Cl.Cl.O=C(NCCC(=O)N1CCN(c2ccccn2)CC1)C1CCCN1. The van der Waals surface area contributed by atoms with E-state index in [4.69, 9.17) is 0 Å². The van der Waals surface area contributed by atoms with E-state index < -0.39 is 0 Å². The Balaban J connectivity index is 0.00000169. The Kier molecular flexibility index (Phi) is 9.69. The molecule has 3 heterocycles. The van der Waals surface area contributed by atoms with Crippen molar-refractivity contribution in [3.8, 4) is 0 Å². The van der Waals surface area contributed by atoms with Crippen LogP contribution in [0.4, 0.5) is 5.82 Å². The van der Waals surface area contributed by atoms with Crippen molar-refractivity contribution in [3.63, 3.8) is 0 Å². The van der Waals surface area contributed by atoms with E-state index in [2.05, 4.69) is 20.5 Å². The number of carbonyl (C=O) groups is 2. The van der Waals surface area contributed by atoms with Crippen LogP contribution in [0.25, 0.3) is 0 Å². The van der Waals surface area contributed by atoms with Crippen LogP contribution < -0.4 is 15.5 Å². The lowest BCUT2D eigenvalue weighted by atomic mass is 10.2. The second-order valence-corrected chi connectivity index (χ2v) is 6.25. The van der Waals surface area contributed by atoms with Crippen molar-refractivity contribution >= 4 is 42.4 Å². The minimum absolute atomic E-state index is 0. The first-order chi connectivity index (χ1) is 11.7. The molecule has 2 aliphatic heterocycles. The monoisotopic (exact) mass is 403 g/mol. The molecular formula is C17H27Cl2N5O2. The van der Waals surface area contributed by atoms with Gasteiger partial charge < -0.3 is 20.4 Å². The molecule has 0 bridgehead atoms. The molecule has 1 unspecified atom stereocenters. The van der Waals surface area contributed by atoms with Crippen LogP contribution in [0.1, 0.15) is 19.3 Å². The molecule has 1 aromatic heterocycles. The number of amides is 2. The van der Waals surface area contributed by atoms with Crippen LogP contribution in [0.3, 0.4) is 0 Å². The van der Waals surface area contributed by atoms with Gasteiger partial charge in [-0.15, -0.1) is 24.8 Å². The van der Waals surface area contributed by atoms with E-state index in [0.717, 1.165) is 38.3 Å². The minimum atomic E-state index is -0.0815. The molecule has 7 nitrogen and oxygen atoms in total. The second kappa shape index (κ2) is 11.2. The fraction of sp³-hybridized carbons (Fsp3) is 0.588. The first-order valence-corrected chi connectivity index (χ1v) is 8.69. The average molecular weight is 404 g/mol. The number of piperazine rings is 1. The number of carbonyl (C=O) groups excluding carboxylic acids is 2. The third-order valence-corrected chi connectivity index (χ3v) is 4.62. The number of aromatic nitrogens is 1. The Hall–Kier alpha value is -1.57. The lowest BCUT2D eigenvalue weighted by Gasteiger charge is -2.35. The third-order valence-electron chi connectivity index (χ3n) is 4.62. The van der Waals surface area contributed by atoms with E-state index in [0.29, 0.717) is 26.1 Å². The van der Waals surface area contributed by atoms with Gasteiger partial charge in [-0.25, -0.2) is 4.98 Å². The van der Waals surface area contributed by atoms with E-state index in [9.17, 15) is 9.59 Å². The molecule has 0 radical (unpaired) electrons. The molecule has 0 aromatic carbocycles. The summed E-state index contributed by atoms with van der Waals surface area (Å²) in [4.78, 5) is 32.6. The Bertz CT molecular complexity index is 562. The molecule has 26 heavy (non-hydrogen) atoms. The molecule has 2 fully saturated rings. The van der Waals surface area contributed by atoms with E-state index in [1.54, 1.807) is 6.20 Å². The minimum Gasteiger partial charge on any atom is -0.354 e. The Labute approximate surface area is 166 Å². The van der Waals surface area contributed by atoms with Gasteiger partial charge in [0.25, 0.3) is 0 Å². The lowest BCUT2D eigenvalue weighted by molar-refractivity contribution is -0.131. The molecule has 0 spiro atoms. The van der Waals surface area contributed by atoms with Gasteiger partial charge in [0.05, 0.1) is 6.04 Å². The summed E-state index contributed by atoms with van der Waals surface area (Å²) in [5.41, 5.74) is 0. The van der Waals surface area contributed by atoms with Gasteiger partial charge in [0.15, 0.2) is 0 Å². The number of hydrogen-bond acceptors (Lipinski definition) is 5. The fourth-order valence-electron chi connectivity index (χ4n) is 3.21. The van der Waals surface area contributed by atoms with E-state index in [1.165, 1.54) is 0 Å². The van der Waals surface area contributed by atoms with Gasteiger partial charge in [0, 0.05) is 45.3 Å². The van der Waals surface area contributed by atoms with Crippen molar-refractivity contribution in [2.24, 2.45) is 0 Å². The van der Waals surface area contributed by atoms with Crippen LogP contribution in [0.15, 0.2) is 24.4 Å². The predicted octanol–water partition coefficient (Wildman–Crippen LogP) is 0.832. The molecule has 0 aliphatic carbocycles. The number of nitrogens with zero attached hydrogens (tertiary/aromatic N) is 3. The second-order valence-electron chi connectivity index (χ2n) is 6.25. The predicted molar refractivity (Wildman–Crippen MR) is 106 cm³/mol. The highest BCUT2D eigenvalue weighted by Gasteiger charge is 2.23. The summed E-state index contributed by atoms with van der Waals surface area (Å²) in [6.45, 7) is 4.30. The standard InChI is InChI=1S/C17H25N5O2.2ClH/c23-16(6-9-20-17(24)14-4-3-8-18-14)22-12-10-21(11-13-22)15-5-1-2-7-19-15;;/h1-2,5,7,14,18H,3-4,6,8-13H2,(H,20,24);2*1H. The van der Waals surface area contributed by atoms with Crippen molar-refractivity contribution in [2.75, 3.05) is 44.2 Å². The normalized spacial score (nSPS) is 19.3. The van der Waals surface area contributed by atoms with Crippen LogP contribution in [-0.2, 0) is 9.59 Å². The van der Waals surface area contributed by atoms with Gasteiger partial charge in [0.1, 0.15) is 5.82 Å². The van der Waals surface area contributed by atoms with Crippen molar-refractivity contribution in [1.29, 1.82) is 0 Å². The van der Waals surface area contributed by atoms with Crippen molar-refractivity contribution in [3.05, 3.63) is 24.4 Å². The first kappa shape index (κ1) is 22.5. The fourth-order valence-corrected chi connectivity index (χ4v) is 3.21. The molecule has 9 heteroatoms. The van der Waals surface area contributed by atoms with Crippen molar-refractivity contribution in [1.82, 2.24) is 20.5 Å². The Morgan fingerprint density at radius 3 is 2.58 bits per heavy atom. The summed E-state index contributed by atoms with van der Waals surface area (Å²) in [5, 5.41) is 6.02. The molecular weight excluding hydrogens is 377 g/mol. The summed E-state index contributed by atoms with van der Waals surface area (Å²) >= 11 is 0. The van der Waals surface area contributed by atoms with Crippen LogP contribution in [-0.4, -0.2) is 67.0 Å². The Morgan fingerprint density at radius 1 is 1.19 bits per heavy atom. The largest absolute Gasteiger partial charge is 0.354 e. The van der Waals surface area contributed by atoms with Gasteiger partial charge in [0.2, 0.25) is 11.8 Å². The zero-order valence-corrected chi connectivity index (χ0v) is 16.4. The highest BCUT2D eigenvalue weighted by molar-refractivity contribution is 5.85. The zero-order valence-electron chi connectivity index (χ0n) is 14.7. The Morgan fingerprint density at radius 2 is 1.96 bits per heavy atom. The van der Waals surface area contributed by atoms with E-state index >= 15 is 0 Å². The van der Waals surface area contributed by atoms with Gasteiger partial charge in [-0.2, -0.15) is 0 Å². The number of halogens is 2. The highest BCUT2D eigenvalue weighted by atomic mass is 35.5. The molecule has 3 rings (SSSR count). The number of pyridine rings is 1. The van der Waals surface area contributed by atoms with Crippen LogP contribution in [0.5, 0.6) is 0 Å². The number of hydrogen-bond donors (Lipinski definition) is 2. The van der Waals surface area contributed by atoms with Crippen LogP contribution in [0, 0.1) is 0 Å². The van der Waals surface area contributed by atoms with Crippen molar-refractivity contribution < 1.29 is 9.59 Å². The number of rotatable bonds is 5.